The predicted octanol–water partition coefficient (Wildman–Crippen LogP) is -3.46. The van der Waals surface area contributed by atoms with E-state index in [0.29, 0.717) is 0 Å². The SMILES string of the molecule is CC(=O)ON.[H-].[Na+]. The molecule has 0 aliphatic rings. The molecule has 6 heavy (non-hydrogen) atoms. The average molecular weight is 99.1 g/mol. The number of rotatable bonds is 0. The third-order valence-electron chi connectivity index (χ3n) is 0.166. The Kier molecular flexibility index (Phi) is 8.74. The maximum atomic E-state index is 9.47. The zero-order valence-electron chi connectivity index (χ0n) is 4.89. The molecule has 0 bridgehead atoms. The summed E-state index contributed by atoms with van der Waals surface area (Å²) in [6.07, 6.45) is 0. The number of hydrogen-bond acceptors (Lipinski definition) is 3. The first kappa shape index (κ1) is 9.66. The molecule has 32 valence electrons. The van der Waals surface area contributed by atoms with Crippen LogP contribution in [0, 0.1) is 0 Å². The quantitative estimate of drug-likeness (QED) is 0.254. The van der Waals surface area contributed by atoms with E-state index < -0.39 is 5.97 Å². The van der Waals surface area contributed by atoms with Gasteiger partial charge < -0.3 is 6.26 Å². The summed E-state index contributed by atoms with van der Waals surface area (Å²) < 4.78 is 0. The molecule has 3 nitrogen and oxygen atoms in total. The van der Waals surface area contributed by atoms with Gasteiger partial charge >= 0.3 is 35.5 Å². The molecule has 0 rings (SSSR count). The summed E-state index contributed by atoms with van der Waals surface area (Å²) >= 11 is 0. The molecule has 0 heterocycles. The molecule has 0 fully saturated rings. The van der Waals surface area contributed by atoms with Gasteiger partial charge in [0, 0.05) is 6.92 Å². The van der Waals surface area contributed by atoms with E-state index in [1.165, 1.54) is 6.92 Å². The van der Waals surface area contributed by atoms with Crippen LogP contribution in [0.15, 0.2) is 0 Å². The van der Waals surface area contributed by atoms with Crippen molar-refractivity contribution in [2.45, 2.75) is 6.92 Å². The van der Waals surface area contributed by atoms with Gasteiger partial charge in [-0.15, -0.1) is 0 Å². The van der Waals surface area contributed by atoms with E-state index in [0.717, 1.165) is 0 Å². The van der Waals surface area contributed by atoms with Crippen LogP contribution in [0.5, 0.6) is 0 Å². The summed E-state index contributed by atoms with van der Waals surface area (Å²) in [5.74, 6) is 3.85. The van der Waals surface area contributed by atoms with Crippen LogP contribution in [0.4, 0.5) is 0 Å². The van der Waals surface area contributed by atoms with E-state index in [4.69, 9.17) is 0 Å². The number of hydrogen-bond donors (Lipinski definition) is 1. The molecule has 0 aliphatic heterocycles. The fraction of sp³-hybridized carbons (Fsp3) is 0.500. The molecular weight excluding hydrogens is 93.0 g/mol. The van der Waals surface area contributed by atoms with Crippen LogP contribution in [-0.2, 0) is 9.63 Å². The van der Waals surface area contributed by atoms with E-state index in [-0.39, 0.29) is 31.0 Å². The molecule has 0 saturated carbocycles. The first-order valence-electron chi connectivity index (χ1n) is 1.14. The molecule has 0 aromatic heterocycles. The Labute approximate surface area is 59.6 Å². The number of carbonyl (C=O) groups excluding carboxylic acids is 1. The third-order valence-corrected chi connectivity index (χ3v) is 0.166. The summed E-state index contributed by atoms with van der Waals surface area (Å²) in [5, 5.41) is 0. The van der Waals surface area contributed by atoms with Crippen LogP contribution in [0.3, 0.4) is 0 Å². The van der Waals surface area contributed by atoms with Crippen molar-refractivity contribution in [3.63, 3.8) is 0 Å². The second kappa shape index (κ2) is 5.43. The van der Waals surface area contributed by atoms with Crippen LogP contribution < -0.4 is 35.5 Å². The van der Waals surface area contributed by atoms with Gasteiger partial charge in [-0.05, 0) is 0 Å². The Morgan fingerprint density at radius 1 is 2.00 bits per heavy atom. The van der Waals surface area contributed by atoms with Crippen LogP contribution in [-0.4, -0.2) is 5.97 Å². The average Bonchev–Trinajstić information content (AvgIpc) is 1.38. The minimum atomic E-state index is -0.468. The fourth-order valence-corrected chi connectivity index (χ4v) is 0. The fourth-order valence-electron chi connectivity index (χ4n) is 0. The topological polar surface area (TPSA) is 52.3 Å². The van der Waals surface area contributed by atoms with Crippen molar-refractivity contribution in [2.75, 3.05) is 0 Å². The predicted molar refractivity (Wildman–Crippen MR) is 17.1 cm³/mol. The smallest absolute Gasteiger partial charge is 1.00 e. The molecule has 4 heteroatoms. The number of nitrogens with two attached hydrogens (primary N) is 1. The van der Waals surface area contributed by atoms with Gasteiger partial charge in [0.05, 0.1) is 0 Å². The van der Waals surface area contributed by atoms with E-state index in [9.17, 15) is 4.79 Å². The Balaban J connectivity index is -0.0000000800. The van der Waals surface area contributed by atoms with E-state index in [2.05, 4.69) is 10.7 Å². The Bertz CT molecular complexity index is 51.0. The third kappa shape index (κ3) is 8.83. The molecule has 0 unspecified atom stereocenters. The van der Waals surface area contributed by atoms with Gasteiger partial charge in [-0.1, -0.05) is 0 Å². The molecule has 0 aromatic rings. The minimum Gasteiger partial charge on any atom is -1.00 e. The van der Waals surface area contributed by atoms with Crippen molar-refractivity contribution >= 4 is 5.97 Å². The first-order chi connectivity index (χ1) is 2.27. The standard InChI is InChI=1S/C2H5NO2.Na.H/c1-2(4)5-3;;/h3H2,1H3;;/q;+1;-1. The maximum absolute atomic E-state index is 9.47. The van der Waals surface area contributed by atoms with Gasteiger partial charge in [-0.25, -0.2) is 0 Å². The van der Waals surface area contributed by atoms with Crippen LogP contribution >= 0.6 is 0 Å². The van der Waals surface area contributed by atoms with Crippen molar-refractivity contribution < 1.29 is 40.6 Å². The van der Waals surface area contributed by atoms with Gasteiger partial charge in [0.15, 0.2) is 0 Å². The molecule has 0 aliphatic carbocycles. The molecule has 0 saturated heterocycles. The van der Waals surface area contributed by atoms with Crippen LogP contribution in [0.2, 0.25) is 0 Å². The molecule has 0 atom stereocenters. The normalized spacial score (nSPS) is 5.67. The second-order valence-electron chi connectivity index (χ2n) is 0.609. The molecule has 0 spiro atoms. The molecule has 2 N–H and O–H groups in total. The van der Waals surface area contributed by atoms with Crippen molar-refractivity contribution in [3.05, 3.63) is 0 Å². The largest absolute Gasteiger partial charge is 1.00 e. The Morgan fingerprint density at radius 3 is 2.17 bits per heavy atom. The van der Waals surface area contributed by atoms with Crippen molar-refractivity contribution in [2.24, 2.45) is 5.90 Å². The van der Waals surface area contributed by atoms with Crippen LogP contribution in [0.1, 0.15) is 8.35 Å². The van der Waals surface area contributed by atoms with Crippen molar-refractivity contribution in [1.82, 2.24) is 0 Å². The zero-order valence-corrected chi connectivity index (χ0v) is 5.89. The maximum Gasteiger partial charge on any atom is 1.00 e. The molecule has 0 amide bonds. The first-order valence-corrected chi connectivity index (χ1v) is 1.14. The Morgan fingerprint density at radius 2 is 2.17 bits per heavy atom. The summed E-state index contributed by atoms with van der Waals surface area (Å²) in [5.41, 5.74) is 0. The van der Waals surface area contributed by atoms with E-state index in [1.807, 2.05) is 0 Å². The van der Waals surface area contributed by atoms with Gasteiger partial charge in [0.25, 0.3) is 0 Å². The Hall–Kier alpha value is 0.430. The van der Waals surface area contributed by atoms with E-state index in [1.54, 1.807) is 0 Å². The van der Waals surface area contributed by atoms with E-state index >= 15 is 0 Å². The zero-order chi connectivity index (χ0) is 4.28. The van der Waals surface area contributed by atoms with Gasteiger partial charge in [0.2, 0.25) is 0 Å². The monoisotopic (exact) mass is 99.0 g/mol. The van der Waals surface area contributed by atoms with Crippen molar-refractivity contribution in [3.8, 4) is 0 Å². The molecular formula is C2H6NNaO2. The summed E-state index contributed by atoms with van der Waals surface area (Å²) in [6.45, 7) is 1.24. The van der Waals surface area contributed by atoms with Crippen molar-refractivity contribution in [1.29, 1.82) is 0 Å². The second-order valence-corrected chi connectivity index (χ2v) is 0.609. The summed E-state index contributed by atoms with van der Waals surface area (Å²) in [4.78, 5) is 13.1. The summed E-state index contributed by atoms with van der Waals surface area (Å²) in [7, 11) is 0. The molecule has 0 radical (unpaired) electrons. The van der Waals surface area contributed by atoms with Gasteiger partial charge in [-0.3, -0.25) is 4.79 Å². The van der Waals surface area contributed by atoms with Crippen LogP contribution in [0.25, 0.3) is 0 Å². The van der Waals surface area contributed by atoms with Gasteiger partial charge in [0.1, 0.15) is 0 Å². The summed E-state index contributed by atoms with van der Waals surface area (Å²) in [6, 6.07) is 0. The number of carbonyl (C=O) groups is 1. The molecule has 0 aromatic carbocycles. The minimum absolute atomic E-state index is 0. The van der Waals surface area contributed by atoms with Gasteiger partial charge in [-0.2, -0.15) is 5.90 Å².